The summed E-state index contributed by atoms with van der Waals surface area (Å²) in [6, 6.07) is 0. The molecular formula is C56H96O6. The average molecular weight is 865 g/mol. The number of hydrogen-bond acceptors (Lipinski definition) is 6. The first-order chi connectivity index (χ1) is 30.5. The fraction of sp³-hybridized carbons (Fsp3) is 0.732. The van der Waals surface area contributed by atoms with Gasteiger partial charge in [-0.25, -0.2) is 0 Å². The van der Waals surface area contributed by atoms with Crippen LogP contribution in [0.1, 0.15) is 245 Å². The van der Waals surface area contributed by atoms with Crippen LogP contribution in [0.5, 0.6) is 0 Å². The van der Waals surface area contributed by atoms with Crippen LogP contribution in [0.25, 0.3) is 0 Å². The Morgan fingerprint density at radius 3 is 1.05 bits per heavy atom. The molecule has 6 heteroatoms. The Bertz CT molecular complexity index is 1180. The van der Waals surface area contributed by atoms with Gasteiger partial charge in [0, 0.05) is 19.3 Å². The molecule has 0 fully saturated rings. The van der Waals surface area contributed by atoms with E-state index in [-0.39, 0.29) is 31.1 Å². The minimum Gasteiger partial charge on any atom is -0.462 e. The summed E-state index contributed by atoms with van der Waals surface area (Å²) in [5, 5.41) is 0. The van der Waals surface area contributed by atoms with E-state index < -0.39 is 6.10 Å². The first-order valence-corrected chi connectivity index (χ1v) is 25.9. The topological polar surface area (TPSA) is 78.9 Å². The van der Waals surface area contributed by atoms with Gasteiger partial charge in [-0.2, -0.15) is 0 Å². The number of rotatable bonds is 46. The summed E-state index contributed by atoms with van der Waals surface area (Å²) in [6.07, 6.45) is 63.1. The van der Waals surface area contributed by atoms with E-state index in [0.717, 1.165) is 109 Å². The molecule has 1 atom stereocenters. The molecule has 356 valence electrons. The van der Waals surface area contributed by atoms with Gasteiger partial charge in [-0.15, -0.1) is 0 Å². The monoisotopic (exact) mass is 865 g/mol. The van der Waals surface area contributed by atoms with Crippen molar-refractivity contribution in [3.63, 3.8) is 0 Å². The Labute approximate surface area is 382 Å². The van der Waals surface area contributed by atoms with Crippen molar-refractivity contribution in [1.82, 2.24) is 0 Å². The van der Waals surface area contributed by atoms with Crippen molar-refractivity contribution in [3.05, 3.63) is 72.9 Å². The van der Waals surface area contributed by atoms with E-state index in [2.05, 4.69) is 93.7 Å². The van der Waals surface area contributed by atoms with Crippen molar-refractivity contribution < 1.29 is 28.6 Å². The number of allylic oxidation sites excluding steroid dienone is 12. The minimum absolute atomic E-state index is 0.0925. The van der Waals surface area contributed by atoms with E-state index in [9.17, 15) is 14.4 Å². The maximum atomic E-state index is 12.8. The zero-order valence-corrected chi connectivity index (χ0v) is 40.6. The first-order valence-electron chi connectivity index (χ1n) is 25.9. The smallest absolute Gasteiger partial charge is 0.306 e. The number of esters is 3. The van der Waals surface area contributed by atoms with Crippen molar-refractivity contribution >= 4 is 17.9 Å². The quantitative estimate of drug-likeness (QED) is 0.0262. The maximum absolute atomic E-state index is 12.8. The number of unbranched alkanes of at least 4 members (excludes halogenated alkanes) is 23. The van der Waals surface area contributed by atoms with Crippen LogP contribution in [0.2, 0.25) is 0 Å². The average Bonchev–Trinajstić information content (AvgIpc) is 3.27. The Hall–Kier alpha value is -3.15. The largest absolute Gasteiger partial charge is 0.462 e. The van der Waals surface area contributed by atoms with Gasteiger partial charge in [0.2, 0.25) is 0 Å². The molecule has 0 aromatic carbocycles. The number of ether oxygens (including phenoxy) is 3. The highest BCUT2D eigenvalue weighted by molar-refractivity contribution is 5.71. The summed E-state index contributed by atoms with van der Waals surface area (Å²) < 4.78 is 16.8. The summed E-state index contributed by atoms with van der Waals surface area (Å²) in [5.74, 6) is -0.937. The third-order valence-electron chi connectivity index (χ3n) is 10.9. The van der Waals surface area contributed by atoms with E-state index >= 15 is 0 Å². The normalized spacial score (nSPS) is 12.6. The molecule has 0 radical (unpaired) electrons. The van der Waals surface area contributed by atoms with Gasteiger partial charge in [0.15, 0.2) is 6.10 Å². The van der Waals surface area contributed by atoms with Crippen molar-refractivity contribution in [2.45, 2.75) is 252 Å². The lowest BCUT2D eigenvalue weighted by Gasteiger charge is -2.18. The molecule has 0 aliphatic carbocycles. The molecule has 0 aliphatic rings. The third-order valence-corrected chi connectivity index (χ3v) is 10.9. The predicted molar refractivity (Wildman–Crippen MR) is 265 cm³/mol. The van der Waals surface area contributed by atoms with Gasteiger partial charge in [-0.05, 0) is 109 Å². The zero-order chi connectivity index (χ0) is 45.1. The van der Waals surface area contributed by atoms with Crippen molar-refractivity contribution in [2.24, 2.45) is 0 Å². The summed E-state index contributed by atoms with van der Waals surface area (Å²) >= 11 is 0. The Morgan fingerprint density at radius 1 is 0.339 bits per heavy atom. The molecule has 0 bridgehead atoms. The lowest BCUT2D eigenvalue weighted by molar-refractivity contribution is -0.167. The van der Waals surface area contributed by atoms with E-state index in [0.29, 0.717) is 19.3 Å². The number of carbonyl (C=O) groups excluding carboxylic acids is 3. The van der Waals surface area contributed by atoms with Gasteiger partial charge in [0.05, 0.1) is 0 Å². The molecule has 6 nitrogen and oxygen atoms in total. The van der Waals surface area contributed by atoms with Crippen LogP contribution in [0.4, 0.5) is 0 Å². The van der Waals surface area contributed by atoms with Gasteiger partial charge in [0.25, 0.3) is 0 Å². The molecule has 0 amide bonds. The standard InChI is InChI=1S/C56H96O6/c1-4-7-10-13-16-19-22-25-27-28-29-32-34-37-40-43-46-49-55(58)61-52-53(51-60-54(57)48-45-42-39-36-33-30-24-21-18-15-12-9-6-3)62-56(59)50-47-44-41-38-35-31-26-23-20-17-14-11-8-5-2/h9,12,16,18-19,21,23,25-27,30,33,53H,4-8,10-11,13-15,17,20,22,24,28-29,31-32,34-52H2,1-3H3/b12-9-,19-16-,21-18-,26-23-,27-25-,33-30-. The molecule has 1 unspecified atom stereocenters. The van der Waals surface area contributed by atoms with Crippen molar-refractivity contribution in [2.75, 3.05) is 13.2 Å². The summed E-state index contributed by atoms with van der Waals surface area (Å²) in [6.45, 7) is 6.45. The molecular weight excluding hydrogens is 769 g/mol. The van der Waals surface area contributed by atoms with E-state index in [4.69, 9.17) is 14.2 Å². The fourth-order valence-electron chi connectivity index (χ4n) is 7.01. The van der Waals surface area contributed by atoms with Gasteiger partial charge in [0.1, 0.15) is 13.2 Å². The zero-order valence-electron chi connectivity index (χ0n) is 40.6. The van der Waals surface area contributed by atoms with Crippen LogP contribution in [-0.4, -0.2) is 37.2 Å². The highest BCUT2D eigenvalue weighted by Gasteiger charge is 2.19. The number of carbonyl (C=O) groups is 3. The van der Waals surface area contributed by atoms with Crippen LogP contribution in [0.15, 0.2) is 72.9 Å². The van der Waals surface area contributed by atoms with Crippen LogP contribution < -0.4 is 0 Å². The molecule has 0 N–H and O–H groups in total. The highest BCUT2D eigenvalue weighted by atomic mass is 16.6. The van der Waals surface area contributed by atoms with E-state index in [1.807, 2.05) is 0 Å². The minimum atomic E-state index is -0.794. The second-order valence-corrected chi connectivity index (χ2v) is 17.0. The molecule has 0 aromatic heterocycles. The van der Waals surface area contributed by atoms with Crippen LogP contribution in [0.3, 0.4) is 0 Å². The SMILES string of the molecule is CC/C=C\C/C=C\C/C=C\CCCCCC(=O)OCC(COC(=O)CCCCCCCCC/C=C\C/C=C\CCCCC)OC(=O)CCCCCCC/C=C\CCCCCCC. The molecule has 0 aliphatic heterocycles. The van der Waals surface area contributed by atoms with Crippen molar-refractivity contribution in [3.8, 4) is 0 Å². The van der Waals surface area contributed by atoms with Crippen LogP contribution in [-0.2, 0) is 28.6 Å². The molecule has 0 spiro atoms. The van der Waals surface area contributed by atoms with Crippen LogP contribution >= 0.6 is 0 Å². The lowest BCUT2D eigenvalue weighted by Crippen LogP contribution is -2.30. The van der Waals surface area contributed by atoms with E-state index in [1.165, 1.54) is 96.3 Å². The van der Waals surface area contributed by atoms with Gasteiger partial charge in [-0.1, -0.05) is 190 Å². The Kier molecular flexibility index (Phi) is 47.9. The van der Waals surface area contributed by atoms with Gasteiger partial charge < -0.3 is 14.2 Å². The summed E-state index contributed by atoms with van der Waals surface area (Å²) in [4.78, 5) is 38.0. The second-order valence-electron chi connectivity index (χ2n) is 17.0. The van der Waals surface area contributed by atoms with Gasteiger partial charge >= 0.3 is 17.9 Å². The number of hydrogen-bond donors (Lipinski definition) is 0. The molecule has 0 saturated carbocycles. The van der Waals surface area contributed by atoms with Gasteiger partial charge in [-0.3, -0.25) is 14.4 Å². The summed E-state index contributed by atoms with van der Waals surface area (Å²) in [7, 11) is 0. The molecule has 62 heavy (non-hydrogen) atoms. The molecule has 0 aromatic rings. The maximum Gasteiger partial charge on any atom is 0.306 e. The second kappa shape index (κ2) is 50.5. The molecule has 0 heterocycles. The predicted octanol–water partition coefficient (Wildman–Crippen LogP) is 17.0. The third kappa shape index (κ3) is 47.9. The highest BCUT2D eigenvalue weighted by Crippen LogP contribution is 2.14. The Balaban J connectivity index is 4.43. The molecule has 0 saturated heterocycles. The van der Waals surface area contributed by atoms with E-state index in [1.54, 1.807) is 0 Å². The Morgan fingerprint density at radius 2 is 0.629 bits per heavy atom. The first kappa shape index (κ1) is 58.9. The van der Waals surface area contributed by atoms with Crippen LogP contribution in [0, 0.1) is 0 Å². The summed E-state index contributed by atoms with van der Waals surface area (Å²) in [5.41, 5.74) is 0. The molecule has 0 rings (SSSR count). The fourth-order valence-corrected chi connectivity index (χ4v) is 7.01. The van der Waals surface area contributed by atoms with Crippen molar-refractivity contribution in [1.29, 1.82) is 0 Å². The lowest BCUT2D eigenvalue weighted by atomic mass is 10.1.